The second kappa shape index (κ2) is 9.67. The van der Waals surface area contributed by atoms with Crippen molar-refractivity contribution >= 4 is 17.5 Å². The Morgan fingerprint density at radius 1 is 1.09 bits per heavy atom. The van der Waals surface area contributed by atoms with E-state index in [9.17, 15) is 26.7 Å². The number of nitrogens with one attached hydrogen (secondary N) is 1. The fourth-order valence-electron chi connectivity index (χ4n) is 5.56. The molecule has 2 aliphatic heterocycles. The van der Waals surface area contributed by atoms with Gasteiger partial charge in [-0.25, -0.2) is 8.78 Å². The Kier molecular flexibility index (Phi) is 7.14. The predicted molar refractivity (Wildman–Crippen MR) is 121 cm³/mol. The summed E-state index contributed by atoms with van der Waals surface area (Å²) in [6.45, 7) is 1.63. The summed E-state index contributed by atoms with van der Waals surface area (Å²) in [5, 5.41) is 2.82. The van der Waals surface area contributed by atoms with Crippen LogP contribution in [0.1, 0.15) is 36.3 Å². The summed E-state index contributed by atoms with van der Waals surface area (Å²) in [6.07, 6.45) is -3.34. The van der Waals surface area contributed by atoms with E-state index in [4.69, 9.17) is 16.3 Å². The van der Waals surface area contributed by atoms with E-state index in [0.29, 0.717) is 19.4 Å². The first-order valence-corrected chi connectivity index (χ1v) is 11.7. The van der Waals surface area contributed by atoms with E-state index in [0.717, 1.165) is 43.8 Å². The van der Waals surface area contributed by atoms with Crippen molar-refractivity contribution < 1.29 is 31.5 Å². The monoisotopic (exact) mass is 516 g/mol. The lowest BCUT2D eigenvalue weighted by Crippen LogP contribution is -2.59. The van der Waals surface area contributed by atoms with Crippen LogP contribution in [0, 0.1) is 17.0 Å². The average molecular weight is 517 g/mol. The number of piperidine rings is 2. The Balaban J connectivity index is 1.61. The summed E-state index contributed by atoms with van der Waals surface area (Å²) >= 11 is 5.75. The number of rotatable bonds is 4. The van der Waals surface area contributed by atoms with E-state index in [2.05, 4.69) is 5.32 Å². The molecule has 0 unspecified atom stereocenters. The summed E-state index contributed by atoms with van der Waals surface area (Å²) in [6, 6.07) is 8.74. The minimum absolute atomic E-state index is 0.0415. The van der Waals surface area contributed by atoms with Crippen LogP contribution in [-0.4, -0.2) is 50.3 Å². The van der Waals surface area contributed by atoms with Crippen LogP contribution in [-0.2, 0) is 15.1 Å². The van der Waals surface area contributed by atoms with E-state index in [-0.39, 0.29) is 30.2 Å². The number of nitrogens with zero attached hydrogens (tertiary/aromatic N) is 1. The van der Waals surface area contributed by atoms with E-state index in [1.165, 1.54) is 17.0 Å². The lowest BCUT2D eigenvalue weighted by Gasteiger charge is -2.50. The smallest absolute Gasteiger partial charge is 0.356 e. The van der Waals surface area contributed by atoms with Gasteiger partial charge in [-0.05, 0) is 61.1 Å². The van der Waals surface area contributed by atoms with Crippen molar-refractivity contribution in [2.24, 2.45) is 5.41 Å². The van der Waals surface area contributed by atoms with Gasteiger partial charge in [0.05, 0.1) is 5.02 Å². The van der Waals surface area contributed by atoms with Crippen LogP contribution in [0.2, 0.25) is 5.02 Å². The van der Waals surface area contributed by atoms with Crippen LogP contribution >= 0.6 is 11.6 Å². The Hall–Kier alpha value is -2.23. The Labute approximate surface area is 205 Å². The molecule has 35 heavy (non-hydrogen) atoms. The van der Waals surface area contributed by atoms with E-state index in [1.54, 1.807) is 12.1 Å². The highest BCUT2D eigenvalue weighted by Gasteiger charge is 2.64. The zero-order chi connectivity index (χ0) is 25.4. The van der Waals surface area contributed by atoms with Crippen LogP contribution in [0.4, 0.5) is 22.0 Å². The van der Waals surface area contributed by atoms with Gasteiger partial charge in [0, 0.05) is 38.2 Å². The van der Waals surface area contributed by atoms with Crippen LogP contribution in [0.25, 0.3) is 0 Å². The Morgan fingerprint density at radius 3 is 2.31 bits per heavy atom. The predicted octanol–water partition coefficient (Wildman–Crippen LogP) is 5.41. The number of alkyl halides is 3. The molecule has 2 saturated heterocycles. The number of hydrogen-bond donors (Lipinski definition) is 1. The fraction of sp³-hybridized carbons (Fsp3) is 0.480. The van der Waals surface area contributed by atoms with Crippen molar-refractivity contribution in [2.75, 3.05) is 33.3 Å². The van der Waals surface area contributed by atoms with Gasteiger partial charge in [0.1, 0.15) is 11.6 Å². The van der Waals surface area contributed by atoms with Crippen molar-refractivity contribution in [1.29, 1.82) is 0 Å². The number of methoxy groups -OCH3 is 1. The molecule has 4 nitrogen and oxygen atoms in total. The van der Waals surface area contributed by atoms with Gasteiger partial charge < -0.3 is 15.0 Å². The molecule has 0 saturated carbocycles. The van der Waals surface area contributed by atoms with E-state index < -0.39 is 34.1 Å². The maximum Gasteiger partial charge on any atom is 0.430 e. The molecule has 1 amide bonds. The number of likely N-dealkylation sites (tertiary alicyclic amines) is 1. The van der Waals surface area contributed by atoms with Gasteiger partial charge in [0.15, 0.2) is 0 Å². The first-order chi connectivity index (χ1) is 16.5. The fourth-order valence-corrected chi connectivity index (χ4v) is 5.74. The van der Waals surface area contributed by atoms with Gasteiger partial charge in [-0.3, -0.25) is 4.79 Å². The van der Waals surface area contributed by atoms with Gasteiger partial charge in [-0.2, -0.15) is 13.2 Å². The van der Waals surface area contributed by atoms with Crippen LogP contribution in [0.15, 0.2) is 42.5 Å². The molecule has 1 N–H and O–H groups in total. The highest BCUT2D eigenvalue weighted by atomic mass is 35.5. The molecule has 2 aromatic rings. The highest BCUT2D eigenvalue weighted by Crippen LogP contribution is 2.50. The molecule has 2 aliphatic rings. The summed E-state index contributed by atoms with van der Waals surface area (Å²) in [5.74, 6) is -2.44. The molecule has 2 atom stereocenters. The third kappa shape index (κ3) is 4.54. The van der Waals surface area contributed by atoms with Crippen LogP contribution < -0.4 is 5.32 Å². The molecular formula is C25H26ClF5N2O2. The van der Waals surface area contributed by atoms with Gasteiger partial charge in [-0.1, -0.05) is 29.8 Å². The van der Waals surface area contributed by atoms with Crippen LogP contribution in [0.5, 0.6) is 0 Å². The summed E-state index contributed by atoms with van der Waals surface area (Å²) in [7, 11) is 0.811. The van der Waals surface area contributed by atoms with Gasteiger partial charge in [0.2, 0.25) is 0 Å². The summed E-state index contributed by atoms with van der Waals surface area (Å²) < 4.78 is 75.3. The molecule has 0 radical (unpaired) electrons. The first kappa shape index (κ1) is 25.9. The van der Waals surface area contributed by atoms with Gasteiger partial charge in [0.25, 0.3) is 11.5 Å². The Morgan fingerprint density at radius 2 is 1.74 bits per heavy atom. The zero-order valence-corrected chi connectivity index (χ0v) is 19.9. The first-order valence-electron chi connectivity index (χ1n) is 11.4. The second-order valence-corrected chi connectivity index (χ2v) is 9.63. The van der Waals surface area contributed by atoms with Crippen molar-refractivity contribution in [3.05, 3.63) is 70.2 Å². The number of ether oxygens (including phenoxy) is 1. The molecule has 190 valence electrons. The quantitative estimate of drug-likeness (QED) is 0.553. The topological polar surface area (TPSA) is 41.6 Å². The van der Waals surface area contributed by atoms with Crippen LogP contribution in [0.3, 0.4) is 0 Å². The normalized spacial score (nSPS) is 22.1. The largest absolute Gasteiger partial charge is 0.430 e. The number of benzene rings is 2. The van der Waals surface area contributed by atoms with Gasteiger partial charge in [-0.15, -0.1) is 0 Å². The molecule has 2 heterocycles. The maximum atomic E-state index is 14.4. The molecule has 2 aromatic carbocycles. The average Bonchev–Trinajstić information content (AvgIpc) is 2.82. The third-order valence-corrected chi connectivity index (χ3v) is 7.83. The van der Waals surface area contributed by atoms with Crippen molar-refractivity contribution in [1.82, 2.24) is 10.2 Å². The molecule has 1 spiro atoms. The number of halogens is 6. The van der Waals surface area contributed by atoms with Crippen molar-refractivity contribution in [3.8, 4) is 0 Å². The highest BCUT2D eigenvalue weighted by molar-refractivity contribution is 6.30. The van der Waals surface area contributed by atoms with Gasteiger partial charge >= 0.3 is 6.18 Å². The zero-order valence-electron chi connectivity index (χ0n) is 19.1. The minimum atomic E-state index is -5.11. The standard InChI is InChI=1S/C25H26ClF5N2O2/c1-35-24(25(29,30)31,17-4-7-21(28)20(26)14-17)22(34)33-12-9-23(10-13-33)8-11-32-15-19(23)16-2-5-18(27)6-3-16/h2-7,14,19,32H,8-13,15H2,1H3/t19-,24-/m0/s1. The third-order valence-electron chi connectivity index (χ3n) is 7.54. The van der Waals surface area contributed by atoms with E-state index in [1.807, 2.05) is 0 Å². The molecule has 2 fully saturated rings. The lowest BCUT2D eigenvalue weighted by molar-refractivity contribution is -0.271. The van der Waals surface area contributed by atoms with E-state index >= 15 is 0 Å². The molecule has 4 rings (SSSR count). The Bertz CT molecular complexity index is 1070. The molecule has 0 bridgehead atoms. The second-order valence-electron chi connectivity index (χ2n) is 9.22. The molecule has 0 aromatic heterocycles. The number of amides is 1. The van der Waals surface area contributed by atoms with Crippen molar-refractivity contribution in [3.63, 3.8) is 0 Å². The molecule has 0 aliphatic carbocycles. The summed E-state index contributed by atoms with van der Waals surface area (Å²) in [5.41, 5.74) is -3.15. The number of hydrogen-bond acceptors (Lipinski definition) is 3. The lowest BCUT2D eigenvalue weighted by atomic mass is 9.62. The number of carbonyl (C=O) groups excluding carboxylic acids is 1. The SMILES string of the molecule is CO[C@](C(=O)N1CCC2(CCNC[C@H]2c2ccc(F)cc2)CC1)(c1ccc(F)c(Cl)c1)C(F)(F)F. The van der Waals surface area contributed by atoms with Crippen molar-refractivity contribution in [2.45, 2.75) is 37.0 Å². The number of carbonyl (C=O) groups is 1. The minimum Gasteiger partial charge on any atom is -0.356 e. The molecular weight excluding hydrogens is 491 g/mol. The summed E-state index contributed by atoms with van der Waals surface area (Å²) in [4.78, 5) is 14.6. The molecule has 10 heteroatoms. The maximum absolute atomic E-state index is 14.4.